The van der Waals surface area contributed by atoms with Crippen LogP contribution in [0.5, 0.6) is 0 Å². The Morgan fingerprint density at radius 1 is 0.757 bits per heavy atom. The van der Waals surface area contributed by atoms with Crippen molar-refractivity contribution in [3.05, 3.63) is 96.1 Å². The number of likely N-dealkylation sites (N-methyl/N-ethyl adjacent to an activating group) is 1. The average Bonchev–Trinajstić information content (AvgIpc) is 3.29. The normalized spacial score (nSPS) is 13.8. The van der Waals surface area contributed by atoms with Gasteiger partial charge in [-0.3, -0.25) is 14.3 Å². The van der Waals surface area contributed by atoms with E-state index in [2.05, 4.69) is 32.6 Å². The van der Waals surface area contributed by atoms with Crippen molar-refractivity contribution in [2.75, 3.05) is 48.8 Å². The van der Waals surface area contributed by atoms with Crippen LogP contribution in [0.1, 0.15) is 20.7 Å². The SMILES string of the molecule is CN1CCN(c2ccccc2C(=O)Nc2ccc(-c3cc(NC(=O)c4ccccc4)n(C)n3)cc2)CC1. The molecular weight excluding hydrogens is 464 g/mol. The Labute approximate surface area is 216 Å². The summed E-state index contributed by atoms with van der Waals surface area (Å²) in [5.41, 5.74) is 4.52. The van der Waals surface area contributed by atoms with Gasteiger partial charge in [0.05, 0.1) is 11.3 Å². The molecule has 2 amide bonds. The highest BCUT2D eigenvalue weighted by atomic mass is 16.2. The molecule has 2 heterocycles. The number of anilines is 3. The zero-order valence-corrected chi connectivity index (χ0v) is 21.0. The molecule has 188 valence electrons. The molecule has 0 atom stereocenters. The summed E-state index contributed by atoms with van der Waals surface area (Å²) >= 11 is 0. The van der Waals surface area contributed by atoms with Crippen LogP contribution in [0, 0.1) is 0 Å². The van der Waals surface area contributed by atoms with Crippen molar-refractivity contribution in [2.24, 2.45) is 7.05 Å². The number of amides is 2. The van der Waals surface area contributed by atoms with E-state index in [-0.39, 0.29) is 11.8 Å². The number of hydrogen-bond acceptors (Lipinski definition) is 5. The van der Waals surface area contributed by atoms with Crippen LogP contribution in [0.25, 0.3) is 11.3 Å². The summed E-state index contributed by atoms with van der Waals surface area (Å²) in [6, 6.07) is 26.2. The first kappa shape index (κ1) is 24.3. The molecule has 0 spiro atoms. The third kappa shape index (κ3) is 5.54. The van der Waals surface area contributed by atoms with Gasteiger partial charge in [0, 0.05) is 61.8 Å². The highest BCUT2D eigenvalue weighted by Gasteiger charge is 2.20. The molecule has 0 bridgehead atoms. The number of piperazine rings is 1. The number of nitrogens with zero attached hydrogens (tertiary/aromatic N) is 4. The summed E-state index contributed by atoms with van der Waals surface area (Å²) in [7, 11) is 3.91. The first-order valence-corrected chi connectivity index (χ1v) is 12.3. The van der Waals surface area contributed by atoms with Crippen LogP contribution in [-0.4, -0.2) is 59.7 Å². The molecule has 1 aliphatic rings. The summed E-state index contributed by atoms with van der Waals surface area (Å²) in [5.74, 6) is 0.276. The molecule has 1 saturated heterocycles. The molecule has 3 aromatic carbocycles. The van der Waals surface area contributed by atoms with Crippen LogP contribution in [-0.2, 0) is 7.05 Å². The topological polar surface area (TPSA) is 82.5 Å². The zero-order valence-electron chi connectivity index (χ0n) is 21.0. The third-order valence-corrected chi connectivity index (χ3v) is 6.59. The summed E-state index contributed by atoms with van der Waals surface area (Å²) in [6.07, 6.45) is 0. The lowest BCUT2D eigenvalue weighted by molar-refractivity contribution is 0.101. The Kier molecular flexibility index (Phi) is 7.00. The molecule has 1 fully saturated rings. The van der Waals surface area contributed by atoms with E-state index in [1.807, 2.05) is 72.8 Å². The Morgan fingerprint density at radius 3 is 2.16 bits per heavy atom. The fourth-order valence-electron chi connectivity index (χ4n) is 4.41. The first-order chi connectivity index (χ1) is 18.0. The molecule has 1 aliphatic heterocycles. The number of carbonyl (C=O) groups excluding carboxylic acids is 2. The third-order valence-electron chi connectivity index (χ3n) is 6.59. The van der Waals surface area contributed by atoms with E-state index >= 15 is 0 Å². The van der Waals surface area contributed by atoms with Crippen molar-refractivity contribution in [1.29, 1.82) is 0 Å². The van der Waals surface area contributed by atoms with Crippen molar-refractivity contribution in [1.82, 2.24) is 14.7 Å². The average molecular weight is 495 g/mol. The number of nitrogens with one attached hydrogen (secondary N) is 2. The Morgan fingerprint density at radius 2 is 1.43 bits per heavy atom. The van der Waals surface area contributed by atoms with Crippen LogP contribution < -0.4 is 15.5 Å². The molecule has 8 nitrogen and oxygen atoms in total. The minimum atomic E-state index is -0.190. The van der Waals surface area contributed by atoms with Crippen molar-refractivity contribution < 1.29 is 9.59 Å². The van der Waals surface area contributed by atoms with Gasteiger partial charge in [-0.05, 0) is 43.4 Å². The van der Waals surface area contributed by atoms with Crippen LogP contribution in [0.3, 0.4) is 0 Å². The molecule has 1 aromatic heterocycles. The van der Waals surface area contributed by atoms with E-state index in [0.717, 1.165) is 43.1 Å². The fourth-order valence-corrected chi connectivity index (χ4v) is 4.41. The summed E-state index contributed by atoms with van der Waals surface area (Å²) < 4.78 is 1.64. The van der Waals surface area contributed by atoms with Gasteiger partial charge in [-0.15, -0.1) is 0 Å². The predicted octanol–water partition coefficient (Wildman–Crippen LogP) is 4.34. The Bertz CT molecular complexity index is 1390. The first-order valence-electron chi connectivity index (χ1n) is 12.3. The van der Waals surface area contributed by atoms with E-state index in [9.17, 15) is 9.59 Å². The number of hydrogen-bond donors (Lipinski definition) is 2. The highest BCUT2D eigenvalue weighted by molar-refractivity contribution is 6.08. The van der Waals surface area contributed by atoms with Gasteiger partial charge in [-0.25, -0.2) is 0 Å². The Hall–Kier alpha value is -4.43. The number of aromatic nitrogens is 2. The molecular formula is C29H30N6O2. The van der Waals surface area contributed by atoms with Gasteiger partial charge in [0.2, 0.25) is 0 Å². The lowest BCUT2D eigenvalue weighted by Crippen LogP contribution is -2.45. The highest BCUT2D eigenvalue weighted by Crippen LogP contribution is 2.26. The van der Waals surface area contributed by atoms with Crippen LogP contribution in [0.2, 0.25) is 0 Å². The minimum Gasteiger partial charge on any atom is -0.368 e. The van der Waals surface area contributed by atoms with Gasteiger partial charge in [0.25, 0.3) is 11.8 Å². The van der Waals surface area contributed by atoms with Gasteiger partial charge in [-0.1, -0.05) is 42.5 Å². The molecule has 0 saturated carbocycles. The van der Waals surface area contributed by atoms with Crippen molar-refractivity contribution in [3.63, 3.8) is 0 Å². The maximum Gasteiger partial charge on any atom is 0.257 e. The monoisotopic (exact) mass is 494 g/mol. The molecule has 0 unspecified atom stereocenters. The quantitative estimate of drug-likeness (QED) is 0.417. The van der Waals surface area contributed by atoms with E-state index in [1.54, 1.807) is 23.9 Å². The molecule has 5 rings (SSSR count). The number of para-hydroxylation sites is 1. The van der Waals surface area contributed by atoms with Crippen molar-refractivity contribution >= 4 is 29.0 Å². The molecule has 0 aliphatic carbocycles. The Balaban J connectivity index is 1.27. The minimum absolute atomic E-state index is 0.133. The van der Waals surface area contributed by atoms with Crippen LogP contribution >= 0.6 is 0 Å². The van der Waals surface area contributed by atoms with Gasteiger partial charge >= 0.3 is 0 Å². The fraction of sp³-hybridized carbons (Fsp3) is 0.207. The molecule has 0 radical (unpaired) electrons. The number of benzene rings is 3. The summed E-state index contributed by atoms with van der Waals surface area (Å²) in [5, 5.41) is 10.5. The maximum atomic E-state index is 13.2. The van der Waals surface area contributed by atoms with Crippen molar-refractivity contribution in [3.8, 4) is 11.3 Å². The number of aryl methyl sites for hydroxylation is 1. The largest absolute Gasteiger partial charge is 0.368 e. The lowest BCUT2D eigenvalue weighted by atomic mass is 10.1. The lowest BCUT2D eigenvalue weighted by Gasteiger charge is -2.35. The second-order valence-electron chi connectivity index (χ2n) is 9.20. The second-order valence-corrected chi connectivity index (χ2v) is 9.20. The van der Waals surface area contributed by atoms with E-state index in [4.69, 9.17) is 0 Å². The van der Waals surface area contributed by atoms with Gasteiger partial charge in [0.1, 0.15) is 5.82 Å². The van der Waals surface area contributed by atoms with Gasteiger partial charge < -0.3 is 20.4 Å². The van der Waals surface area contributed by atoms with Crippen LogP contribution in [0.4, 0.5) is 17.2 Å². The van der Waals surface area contributed by atoms with E-state index < -0.39 is 0 Å². The smallest absolute Gasteiger partial charge is 0.257 e. The predicted molar refractivity (Wildman–Crippen MR) is 147 cm³/mol. The number of carbonyl (C=O) groups is 2. The number of rotatable bonds is 6. The van der Waals surface area contributed by atoms with Crippen LogP contribution in [0.15, 0.2) is 84.9 Å². The van der Waals surface area contributed by atoms with Gasteiger partial charge in [0.15, 0.2) is 0 Å². The zero-order chi connectivity index (χ0) is 25.8. The van der Waals surface area contributed by atoms with Gasteiger partial charge in [-0.2, -0.15) is 5.10 Å². The molecule has 37 heavy (non-hydrogen) atoms. The molecule has 4 aromatic rings. The summed E-state index contributed by atoms with van der Waals surface area (Å²) in [6.45, 7) is 3.74. The molecule has 8 heteroatoms. The van der Waals surface area contributed by atoms with E-state index in [1.165, 1.54) is 0 Å². The van der Waals surface area contributed by atoms with E-state index in [0.29, 0.717) is 22.6 Å². The summed E-state index contributed by atoms with van der Waals surface area (Å²) in [4.78, 5) is 30.2. The molecule has 2 N–H and O–H groups in total. The second kappa shape index (κ2) is 10.7. The van der Waals surface area contributed by atoms with Crippen molar-refractivity contribution in [2.45, 2.75) is 0 Å². The standard InChI is InChI=1S/C29H30N6O2/c1-33-16-18-35(19-17-33)26-11-7-6-10-24(26)29(37)30-23-14-12-21(13-15-23)25-20-27(34(2)32-25)31-28(36)22-8-4-3-5-9-22/h3-15,20H,16-19H2,1-2H3,(H,30,37)(H,31,36). The maximum absolute atomic E-state index is 13.2.